The maximum atomic E-state index is 12.8. The van der Waals surface area contributed by atoms with Crippen LogP contribution in [0.5, 0.6) is 0 Å². The molecule has 9 heteroatoms. The fourth-order valence-electron chi connectivity index (χ4n) is 4.68. The average Bonchev–Trinajstić information content (AvgIpc) is 3.21. The number of nitrogens with zero attached hydrogens (tertiary/aromatic N) is 5. The Kier molecular flexibility index (Phi) is 7.56. The van der Waals surface area contributed by atoms with Crippen molar-refractivity contribution in [3.8, 4) is 11.1 Å². The van der Waals surface area contributed by atoms with Crippen molar-refractivity contribution in [2.45, 2.75) is 59.1 Å². The van der Waals surface area contributed by atoms with Crippen LogP contribution in [0.4, 0.5) is 5.69 Å². The third-order valence-corrected chi connectivity index (χ3v) is 8.34. The van der Waals surface area contributed by atoms with E-state index < -0.39 is 13.5 Å². The first-order valence-corrected chi connectivity index (χ1v) is 16.2. The van der Waals surface area contributed by atoms with E-state index in [1.165, 1.54) is 6.33 Å². The van der Waals surface area contributed by atoms with Crippen LogP contribution in [0.25, 0.3) is 22.2 Å². The zero-order valence-corrected chi connectivity index (χ0v) is 22.6. The quantitative estimate of drug-likeness (QED) is 0.235. The van der Waals surface area contributed by atoms with Crippen LogP contribution in [-0.4, -0.2) is 59.9 Å². The number of ether oxygens (including phenoxy) is 2. The molecule has 1 fully saturated rings. The molecule has 1 saturated heterocycles. The van der Waals surface area contributed by atoms with Crippen LogP contribution in [0.1, 0.15) is 26.7 Å². The standard InChI is InChI=1S/C26H37N5O3Si/c1-6-34-25(32)26(2)9-7-11-30(17-26)22-8-10-29-24-23(22)21(20-14-27-18-28-15-20)16-31(24)19-33-12-13-35(3,4)5/h8,10,14-16,18H,6-7,9,11-13,17,19H2,1-5H3. The molecule has 4 heterocycles. The second-order valence-electron chi connectivity index (χ2n) is 10.8. The molecule has 3 aromatic heterocycles. The summed E-state index contributed by atoms with van der Waals surface area (Å²) >= 11 is 0. The number of aromatic nitrogens is 4. The van der Waals surface area contributed by atoms with Gasteiger partial charge in [0.2, 0.25) is 0 Å². The predicted molar refractivity (Wildman–Crippen MR) is 141 cm³/mol. The highest BCUT2D eigenvalue weighted by Crippen LogP contribution is 2.40. The van der Waals surface area contributed by atoms with Gasteiger partial charge in [-0.2, -0.15) is 0 Å². The van der Waals surface area contributed by atoms with E-state index in [2.05, 4.69) is 45.3 Å². The molecule has 0 saturated carbocycles. The van der Waals surface area contributed by atoms with Gasteiger partial charge in [0, 0.05) is 69.4 Å². The number of rotatable bonds is 9. The fraction of sp³-hybridized carbons (Fsp3) is 0.538. The molecule has 188 valence electrons. The highest BCUT2D eigenvalue weighted by Gasteiger charge is 2.40. The number of esters is 1. The molecule has 0 aromatic carbocycles. The van der Waals surface area contributed by atoms with Crippen molar-refractivity contribution in [3.05, 3.63) is 37.2 Å². The Hall–Kier alpha value is -2.78. The number of carbonyl (C=O) groups excluding carboxylic acids is 1. The highest BCUT2D eigenvalue weighted by molar-refractivity contribution is 6.76. The lowest BCUT2D eigenvalue weighted by Gasteiger charge is -2.40. The number of pyridine rings is 1. The van der Waals surface area contributed by atoms with E-state index in [1.54, 1.807) is 0 Å². The van der Waals surface area contributed by atoms with Gasteiger partial charge in [-0.3, -0.25) is 4.79 Å². The Labute approximate surface area is 208 Å². The summed E-state index contributed by atoms with van der Waals surface area (Å²) in [5.41, 5.74) is 3.32. The lowest BCUT2D eigenvalue weighted by atomic mass is 9.81. The number of anilines is 1. The second-order valence-corrected chi connectivity index (χ2v) is 16.4. The summed E-state index contributed by atoms with van der Waals surface area (Å²) in [4.78, 5) is 28.3. The summed E-state index contributed by atoms with van der Waals surface area (Å²) in [6.45, 7) is 14.0. The smallest absolute Gasteiger partial charge is 0.313 e. The third-order valence-electron chi connectivity index (χ3n) is 6.64. The van der Waals surface area contributed by atoms with Gasteiger partial charge in [-0.1, -0.05) is 19.6 Å². The molecule has 0 bridgehead atoms. The van der Waals surface area contributed by atoms with Gasteiger partial charge >= 0.3 is 5.97 Å². The molecule has 0 spiro atoms. The van der Waals surface area contributed by atoms with E-state index in [0.717, 1.165) is 59.9 Å². The van der Waals surface area contributed by atoms with Crippen LogP contribution in [-0.2, 0) is 21.0 Å². The van der Waals surface area contributed by atoms with Crippen molar-refractivity contribution in [1.29, 1.82) is 0 Å². The molecule has 4 rings (SSSR count). The normalized spacial score (nSPS) is 18.7. The van der Waals surface area contributed by atoms with Crippen LogP contribution >= 0.6 is 0 Å². The van der Waals surface area contributed by atoms with Gasteiger partial charge in [0.15, 0.2) is 0 Å². The molecule has 1 aliphatic rings. The van der Waals surface area contributed by atoms with Crippen LogP contribution in [0, 0.1) is 5.41 Å². The largest absolute Gasteiger partial charge is 0.466 e. The molecular weight excluding hydrogens is 458 g/mol. The second kappa shape index (κ2) is 10.5. The summed E-state index contributed by atoms with van der Waals surface area (Å²) in [7, 11) is -1.17. The van der Waals surface area contributed by atoms with Crippen molar-refractivity contribution < 1.29 is 14.3 Å². The van der Waals surface area contributed by atoms with Gasteiger partial charge in [0.05, 0.1) is 17.4 Å². The minimum absolute atomic E-state index is 0.125. The highest BCUT2D eigenvalue weighted by atomic mass is 28.3. The Morgan fingerprint density at radius 3 is 2.71 bits per heavy atom. The Balaban J connectivity index is 1.72. The van der Waals surface area contributed by atoms with E-state index in [9.17, 15) is 4.79 Å². The molecule has 8 nitrogen and oxygen atoms in total. The minimum atomic E-state index is -1.17. The van der Waals surface area contributed by atoms with Crippen LogP contribution in [0.15, 0.2) is 37.2 Å². The lowest BCUT2D eigenvalue weighted by Crippen LogP contribution is -2.47. The summed E-state index contributed by atoms with van der Waals surface area (Å²) < 4.78 is 13.6. The molecule has 0 N–H and O–H groups in total. The maximum absolute atomic E-state index is 12.8. The van der Waals surface area contributed by atoms with E-state index in [-0.39, 0.29) is 5.97 Å². The van der Waals surface area contributed by atoms with Crippen molar-refractivity contribution in [1.82, 2.24) is 19.5 Å². The lowest BCUT2D eigenvalue weighted by molar-refractivity contribution is -0.154. The van der Waals surface area contributed by atoms with E-state index in [0.29, 0.717) is 19.9 Å². The van der Waals surface area contributed by atoms with Crippen molar-refractivity contribution in [3.63, 3.8) is 0 Å². The molecule has 0 amide bonds. The van der Waals surface area contributed by atoms with Crippen molar-refractivity contribution >= 4 is 30.8 Å². The van der Waals surface area contributed by atoms with Crippen LogP contribution < -0.4 is 4.90 Å². The zero-order chi connectivity index (χ0) is 25.1. The first-order chi connectivity index (χ1) is 16.7. The maximum Gasteiger partial charge on any atom is 0.313 e. The number of piperidine rings is 1. The number of fused-ring (bicyclic) bond motifs is 1. The van der Waals surface area contributed by atoms with E-state index >= 15 is 0 Å². The molecule has 0 aliphatic carbocycles. The third kappa shape index (κ3) is 5.73. The summed E-state index contributed by atoms with van der Waals surface area (Å²) in [5, 5.41) is 1.03. The Bertz CT molecular complexity index is 1160. The molecular formula is C26H37N5O3Si. The SMILES string of the molecule is CCOC(=O)C1(C)CCCN(c2ccnc3c2c(-c2cncnc2)cn3COCC[Si](C)(C)C)C1. The number of carbonyl (C=O) groups is 1. The zero-order valence-electron chi connectivity index (χ0n) is 21.6. The van der Waals surface area contributed by atoms with Crippen LogP contribution in [0.3, 0.4) is 0 Å². The van der Waals surface area contributed by atoms with Gasteiger partial charge in [-0.15, -0.1) is 0 Å². The average molecular weight is 496 g/mol. The van der Waals surface area contributed by atoms with Gasteiger partial charge in [0.1, 0.15) is 18.7 Å². The number of hydrogen-bond acceptors (Lipinski definition) is 7. The monoisotopic (exact) mass is 495 g/mol. The fourth-order valence-corrected chi connectivity index (χ4v) is 5.43. The molecule has 35 heavy (non-hydrogen) atoms. The van der Waals surface area contributed by atoms with Crippen LogP contribution in [0.2, 0.25) is 25.7 Å². The predicted octanol–water partition coefficient (Wildman–Crippen LogP) is 4.98. The van der Waals surface area contributed by atoms with Gasteiger partial charge in [-0.05, 0) is 38.8 Å². The number of hydrogen-bond donors (Lipinski definition) is 0. The summed E-state index contributed by atoms with van der Waals surface area (Å²) in [5.74, 6) is -0.125. The van der Waals surface area contributed by atoms with E-state index in [1.807, 2.05) is 38.5 Å². The Morgan fingerprint density at radius 1 is 1.23 bits per heavy atom. The Morgan fingerprint density at radius 2 is 2.00 bits per heavy atom. The van der Waals surface area contributed by atoms with Crippen molar-refractivity contribution in [2.24, 2.45) is 5.41 Å². The molecule has 1 unspecified atom stereocenters. The van der Waals surface area contributed by atoms with Gasteiger partial charge < -0.3 is 18.9 Å². The van der Waals surface area contributed by atoms with Gasteiger partial charge in [-0.25, -0.2) is 15.0 Å². The topological polar surface area (TPSA) is 82.4 Å². The van der Waals surface area contributed by atoms with Gasteiger partial charge in [0.25, 0.3) is 0 Å². The molecule has 3 aromatic rings. The first kappa shape index (κ1) is 25.3. The molecule has 1 atom stereocenters. The summed E-state index contributed by atoms with van der Waals surface area (Å²) in [6.07, 6.45) is 10.9. The first-order valence-electron chi connectivity index (χ1n) is 12.4. The summed E-state index contributed by atoms with van der Waals surface area (Å²) in [6, 6.07) is 3.16. The van der Waals surface area contributed by atoms with Crippen molar-refractivity contribution in [2.75, 3.05) is 31.2 Å². The van der Waals surface area contributed by atoms with E-state index in [4.69, 9.17) is 14.5 Å². The molecule has 0 radical (unpaired) electrons. The molecule has 1 aliphatic heterocycles. The minimum Gasteiger partial charge on any atom is -0.466 e.